The van der Waals surface area contributed by atoms with Crippen LogP contribution in [0.1, 0.15) is 12.1 Å². The van der Waals surface area contributed by atoms with Crippen molar-refractivity contribution >= 4 is 23.4 Å². The fourth-order valence-corrected chi connectivity index (χ4v) is 1.88. The lowest BCUT2D eigenvalue weighted by molar-refractivity contribution is 1.08. The molecule has 0 bridgehead atoms. The molecule has 0 amide bonds. The van der Waals surface area contributed by atoms with E-state index >= 15 is 0 Å². The van der Waals surface area contributed by atoms with Crippen molar-refractivity contribution in [2.45, 2.75) is 12.2 Å². The first-order valence-corrected chi connectivity index (χ1v) is 5.51. The molecule has 0 saturated heterocycles. The van der Waals surface area contributed by atoms with E-state index in [0.29, 0.717) is 0 Å². The van der Waals surface area contributed by atoms with Crippen LogP contribution in [0.5, 0.6) is 0 Å². The third kappa shape index (κ3) is 3.93. The van der Waals surface area contributed by atoms with Gasteiger partial charge in [-0.1, -0.05) is 0 Å². The molecule has 0 saturated carbocycles. The van der Waals surface area contributed by atoms with E-state index in [1.165, 1.54) is 0 Å². The van der Waals surface area contributed by atoms with Crippen LogP contribution in [0.15, 0.2) is 18.6 Å². The summed E-state index contributed by atoms with van der Waals surface area (Å²) in [6, 6.07) is 0. The van der Waals surface area contributed by atoms with Gasteiger partial charge in [-0.2, -0.15) is 11.8 Å². The molecule has 12 heavy (non-hydrogen) atoms. The number of alkyl halides is 1. The van der Waals surface area contributed by atoms with E-state index in [0.717, 1.165) is 29.5 Å². The van der Waals surface area contributed by atoms with E-state index in [4.69, 9.17) is 11.6 Å². The van der Waals surface area contributed by atoms with Gasteiger partial charge in [-0.3, -0.25) is 9.97 Å². The Morgan fingerprint density at radius 2 is 2.33 bits per heavy atom. The van der Waals surface area contributed by atoms with Gasteiger partial charge in [-0.15, -0.1) is 11.6 Å². The van der Waals surface area contributed by atoms with Crippen LogP contribution in [-0.2, 0) is 5.75 Å². The SMILES string of the molecule is ClCCCSCc1cnccn1. The van der Waals surface area contributed by atoms with Gasteiger partial charge in [-0.05, 0) is 12.2 Å². The lowest BCUT2D eigenvalue weighted by atomic mass is 10.5. The molecule has 0 aliphatic heterocycles. The van der Waals surface area contributed by atoms with Crippen molar-refractivity contribution in [3.63, 3.8) is 0 Å². The quantitative estimate of drug-likeness (QED) is 0.542. The van der Waals surface area contributed by atoms with E-state index < -0.39 is 0 Å². The van der Waals surface area contributed by atoms with Crippen LogP contribution >= 0.6 is 23.4 Å². The maximum Gasteiger partial charge on any atom is 0.0685 e. The summed E-state index contributed by atoms with van der Waals surface area (Å²) in [5.74, 6) is 2.78. The zero-order chi connectivity index (χ0) is 8.65. The lowest BCUT2D eigenvalue weighted by Gasteiger charge is -1.97. The molecule has 0 atom stereocenters. The topological polar surface area (TPSA) is 25.8 Å². The number of rotatable bonds is 5. The summed E-state index contributed by atoms with van der Waals surface area (Å²) in [6.45, 7) is 0. The number of aromatic nitrogens is 2. The van der Waals surface area contributed by atoms with Gasteiger partial charge in [0.2, 0.25) is 0 Å². The van der Waals surface area contributed by atoms with Gasteiger partial charge < -0.3 is 0 Å². The molecule has 4 heteroatoms. The third-order valence-corrected chi connectivity index (χ3v) is 2.63. The van der Waals surface area contributed by atoms with E-state index in [2.05, 4.69) is 9.97 Å². The number of hydrogen-bond donors (Lipinski definition) is 0. The third-order valence-electron chi connectivity index (χ3n) is 1.29. The largest absolute Gasteiger partial charge is 0.261 e. The van der Waals surface area contributed by atoms with Crippen molar-refractivity contribution in [1.82, 2.24) is 9.97 Å². The molecule has 2 nitrogen and oxygen atoms in total. The van der Waals surface area contributed by atoms with Crippen molar-refractivity contribution in [2.24, 2.45) is 0 Å². The first-order valence-electron chi connectivity index (χ1n) is 3.82. The minimum Gasteiger partial charge on any atom is -0.261 e. The monoisotopic (exact) mass is 202 g/mol. The Hall–Kier alpha value is -0.280. The van der Waals surface area contributed by atoms with Crippen molar-refractivity contribution in [1.29, 1.82) is 0 Å². The zero-order valence-corrected chi connectivity index (χ0v) is 8.31. The predicted octanol–water partition coefficient (Wildman–Crippen LogP) is 2.34. The van der Waals surface area contributed by atoms with Gasteiger partial charge in [0, 0.05) is 30.2 Å². The standard InChI is InChI=1S/C8H11ClN2S/c9-2-1-5-12-7-8-6-10-3-4-11-8/h3-4,6H,1-2,5,7H2. The summed E-state index contributed by atoms with van der Waals surface area (Å²) in [5, 5.41) is 0. The van der Waals surface area contributed by atoms with Crippen LogP contribution in [-0.4, -0.2) is 21.6 Å². The molecule has 0 spiro atoms. The molecule has 1 heterocycles. The minimum absolute atomic E-state index is 0.744. The highest BCUT2D eigenvalue weighted by molar-refractivity contribution is 7.98. The van der Waals surface area contributed by atoms with Crippen molar-refractivity contribution < 1.29 is 0 Å². The molecule has 1 aromatic heterocycles. The molecule has 0 aliphatic carbocycles. The van der Waals surface area contributed by atoms with Crippen molar-refractivity contribution in [2.75, 3.05) is 11.6 Å². The maximum atomic E-state index is 5.54. The first kappa shape index (κ1) is 9.81. The van der Waals surface area contributed by atoms with E-state index in [-0.39, 0.29) is 0 Å². The van der Waals surface area contributed by atoms with Crippen LogP contribution in [0.2, 0.25) is 0 Å². The number of hydrogen-bond acceptors (Lipinski definition) is 3. The van der Waals surface area contributed by atoms with Crippen LogP contribution < -0.4 is 0 Å². The van der Waals surface area contributed by atoms with Crippen molar-refractivity contribution in [3.8, 4) is 0 Å². The van der Waals surface area contributed by atoms with Gasteiger partial charge in [0.05, 0.1) is 5.69 Å². The Kier molecular flexibility index (Phi) is 5.11. The fraction of sp³-hybridized carbons (Fsp3) is 0.500. The molecule has 0 aromatic carbocycles. The van der Waals surface area contributed by atoms with Gasteiger partial charge in [-0.25, -0.2) is 0 Å². The van der Waals surface area contributed by atoms with Crippen LogP contribution in [0, 0.1) is 0 Å². The van der Waals surface area contributed by atoms with E-state index in [9.17, 15) is 0 Å². The summed E-state index contributed by atoms with van der Waals surface area (Å²) >= 11 is 7.39. The minimum atomic E-state index is 0.744. The van der Waals surface area contributed by atoms with E-state index in [1.807, 2.05) is 11.8 Å². The number of nitrogens with zero attached hydrogens (tertiary/aromatic N) is 2. The summed E-state index contributed by atoms with van der Waals surface area (Å²) < 4.78 is 0. The Morgan fingerprint density at radius 1 is 1.42 bits per heavy atom. The second-order valence-corrected chi connectivity index (χ2v) is 3.78. The van der Waals surface area contributed by atoms with Crippen LogP contribution in [0.3, 0.4) is 0 Å². The molecule has 0 fully saturated rings. The molecule has 66 valence electrons. The van der Waals surface area contributed by atoms with Crippen LogP contribution in [0.4, 0.5) is 0 Å². The molecule has 0 aliphatic rings. The average molecular weight is 203 g/mol. The van der Waals surface area contributed by atoms with Gasteiger partial charge >= 0.3 is 0 Å². The van der Waals surface area contributed by atoms with Gasteiger partial charge in [0.1, 0.15) is 0 Å². The summed E-state index contributed by atoms with van der Waals surface area (Å²) in [4.78, 5) is 8.14. The summed E-state index contributed by atoms with van der Waals surface area (Å²) in [7, 11) is 0. The zero-order valence-electron chi connectivity index (χ0n) is 6.74. The molecular formula is C8H11ClN2S. The number of thioether (sulfide) groups is 1. The molecule has 1 aromatic rings. The Labute approximate surface area is 81.8 Å². The van der Waals surface area contributed by atoms with E-state index in [1.54, 1.807) is 18.6 Å². The first-order chi connectivity index (χ1) is 5.93. The number of halogens is 1. The highest BCUT2D eigenvalue weighted by Gasteiger charge is 1.93. The smallest absolute Gasteiger partial charge is 0.0685 e. The Morgan fingerprint density at radius 3 is 3.00 bits per heavy atom. The maximum absolute atomic E-state index is 5.54. The molecule has 0 N–H and O–H groups in total. The average Bonchev–Trinajstić information content (AvgIpc) is 2.14. The summed E-state index contributed by atoms with van der Waals surface area (Å²) in [5.41, 5.74) is 1.04. The van der Waals surface area contributed by atoms with Gasteiger partial charge in [0.25, 0.3) is 0 Å². The van der Waals surface area contributed by atoms with Crippen LogP contribution in [0.25, 0.3) is 0 Å². The fourth-order valence-electron chi connectivity index (χ4n) is 0.738. The molecule has 1 rings (SSSR count). The Balaban J connectivity index is 2.16. The summed E-state index contributed by atoms with van der Waals surface area (Å²) in [6.07, 6.45) is 6.27. The second kappa shape index (κ2) is 6.26. The highest BCUT2D eigenvalue weighted by atomic mass is 35.5. The predicted molar refractivity (Wildman–Crippen MR) is 53.5 cm³/mol. The molecule has 0 radical (unpaired) electrons. The molecular weight excluding hydrogens is 192 g/mol. The highest BCUT2D eigenvalue weighted by Crippen LogP contribution is 2.09. The van der Waals surface area contributed by atoms with Crippen molar-refractivity contribution in [3.05, 3.63) is 24.3 Å². The van der Waals surface area contributed by atoms with Gasteiger partial charge in [0.15, 0.2) is 0 Å². The lowest BCUT2D eigenvalue weighted by Crippen LogP contribution is -1.88. The Bertz CT molecular complexity index is 205. The normalized spacial score (nSPS) is 10.1. The molecule has 0 unspecified atom stereocenters. The second-order valence-electron chi connectivity index (χ2n) is 2.29.